The van der Waals surface area contributed by atoms with Crippen molar-refractivity contribution >= 4 is 17.6 Å². The molecule has 0 aliphatic carbocycles. The van der Waals surface area contributed by atoms with Crippen LogP contribution in [0.15, 0.2) is 88.1 Å². The van der Waals surface area contributed by atoms with Crippen molar-refractivity contribution in [3.63, 3.8) is 0 Å². The average molecular weight is 543 g/mol. The molecule has 0 aliphatic heterocycles. The zero-order chi connectivity index (χ0) is 27.4. The van der Waals surface area contributed by atoms with Crippen LogP contribution in [0.3, 0.4) is 0 Å². The quantitative estimate of drug-likeness (QED) is 0.137. The fraction of sp³-hybridized carbons (Fsp3) is 0.179. The maximum Gasteiger partial charge on any atom is 0.437 e. The molecule has 0 spiro atoms. The molecule has 3 aromatic carbocycles. The number of aryl methyl sites for hydroxylation is 1. The van der Waals surface area contributed by atoms with E-state index in [2.05, 4.69) is 11.7 Å². The SMILES string of the molecule is C=C(C)CCc1ccc(C(=O)Oc2ccc(Cl)cc2Cn2nc(-c3ccc(C(F)(F)F)cc3)oc2=O)cc1. The summed E-state index contributed by atoms with van der Waals surface area (Å²) >= 11 is 6.13. The van der Waals surface area contributed by atoms with Crippen molar-refractivity contribution in [3.05, 3.63) is 117 Å². The maximum absolute atomic E-state index is 12.8. The van der Waals surface area contributed by atoms with Crippen LogP contribution in [0.25, 0.3) is 11.5 Å². The minimum absolute atomic E-state index is 0.156. The normalized spacial score (nSPS) is 11.4. The third-order valence-corrected chi connectivity index (χ3v) is 5.88. The fourth-order valence-electron chi connectivity index (χ4n) is 3.58. The lowest BCUT2D eigenvalue weighted by atomic mass is 10.0. The molecule has 0 saturated carbocycles. The summed E-state index contributed by atoms with van der Waals surface area (Å²) in [5.41, 5.74) is 2.20. The number of hydrogen-bond acceptors (Lipinski definition) is 5. The fourth-order valence-corrected chi connectivity index (χ4v) is 3.78. The molecule has 0 radical (unpaired) electrons. The number of nitrogens with zero attached hydrogens (tertiary/aromatic N) is 2. The number of rotatable bonds is 8. The van der Waals surface area contributed by atoms with Crippen LogP contribution >= 0.6 is 11.6 Å². The molecular weight excluding hydrogens is 521 g/mol. The van der Waals surface area contributed by atoms with Gasteiger partial charge in [0.2, 0.25) is 5.89 Å². The second-order valence-corrected chi connectivity index (χ2v) is 9.14. The third-order valence-electron chi connectivity index (χ3n) is 5.64. The van der Waals surface area contributed by atoms with E-state index >= 15 is 0 Å². The summed E-state index contributed by atoms with van der Waals surface area (Å²) in [6.45, 7) is 5.68. The second kappa shape index (κ2) is 11.1. The molecule has 0 amide bonds. The van der Waals surface area contributed by atoms with Crippen molar-refractivity contribution in [3.8, 4) is 17.2 Å². The lowest BCUT2D eigenvalue weighted by molar-refractivity contribution is -0.137. The van der Waals surface area contributed by atoms with Crippen LogP contribution in [0, 0.1) is 0 Å². The number of halogens is 4. The molecule has 1 aromatic heterocycles. The first-order chi connectivity index (χ1) is 18.0. The molecule has 0 bridgehead atoms. The van der Waals surface area contributed by atoms with Crippen LogP contribution in [0.1, 0.15) is 40.4 Å². The Morgan fingerprint density at radius 2 is 1.76 bits per heavy atom. The summed E-state index contributed by atoms with van der Waals surface area (Å²) < 4.78 is 50.2. The maximum atomic E-state index is 12.8. The van der Waals surface area contributed by atoms with Gasteiger partial charge < -0.3 is 9.15 Å². The molecule has 1 heterocycles. The number of allylic oxidation sites excluding steroid dienone is 1. The lowest BCUT2D eigenvalue weighted by Crippen LogP contribution is -2.18. The molecule has 38 heavy (non-hydrogen) atoms. The minimum atomic E-state index is -4.49. The van der Waals surface area contributed by atoms with E-state index in [1.807, 2.05) is 19.1 Å². The zero-order valence-corrected chi connectivity index (χ0v) is 21.0. The molecule has 6 nitrogen and oxygen atoms in total. The van der Waals surface area contributed by atoms with Crippen molar-refractivity contribution in [1.29, 1.82) is 0 Å². The predicted octanol–water partition coefficient (Wildman–Crippen LogP) is 6.95. The Morgan fingerprint density at radius 1 is 1.08 bits per heavy atom. The van der Waals surface area contributed by atoms with Crippen molar-refractivity contribution in [2.45, 2.75) is 32.5 Å². The van der Waals surface area contributed by atoms with Gasteiger partial charge in [-0.1, -0.05) is 29.3 Å². The van der Waals surface area contributed by atoms with Crippen LogP contribution in [0.4, 0.5) is 13.2 Å². The first-order valence-corrected chi connectivity index (χ1v) is 11.9. The van der Waals surface area contributed by atoms with E-state index in [4.69, 9.17) is 20.8 Å². The number of alkyl halides is 3. The Morgan fingerprint density at radius 3 is 2.39 bits per heavy atom. The van der Waals surface area contributed by atoms with Gasteiger partial charge in [0.05, 0.1) is 17.7 Å². The van der Waals surface area contributed by atoms with Gasteiger partial charge >= 0.3 is 17.9 Å². The predicted molar refractivity (Wildman–Crippen MR) is 136 cm³/mol. The van der Waals surface area contributed by atoms with Gasteiger partial charge in [-0.3, -0.25) is 0 Å². The van der Waals surface area contributed by atoms with E-state index < -0.39 is 23.5 Å². The van der Waals surface area contributed by atoms with Crippen LogP contribution < -0.4 is 10.5 Å². The summed E-state index contributed by atoms with van der Waals surface area (Å²) in [7, 11) is 0. The highest BCUT2D eigenvalue weighted by Crippen LogP contribution is 2.30. The number of esters is 1. The minimum Gasteiger partial charge on any atom is -0.423 e. The molecule has 4 rings (SSSR count). The average Bonchev–Trinajstić information content (AvgIpc) is 3.24. The van der Waals surface area contributed by atoms with E-state index in [0.29, 0.717) is 16.1 Å². The largest absolute Gasteiger partial charge is 0.437 e. The van der Waals surface area contributed by atoms with Gasteiger partial charge in [-0.15, -0.1) is 11.7 Å². The molecule has 0 atom stereocenters. The Hall–Kier alpha value is -4.11. The van der Waals surface area contributed by atoms with Gasteiger partial charge in [-0.05, 0) is 79.9 Å². The van der Waals surface area contributed by atoms with E-state index in [1.165, 1.54) is 18.2 Å². The van der Waals surface area contributed by atoms with Crippen LogP contribution in [-0.2, 0) is 19.1 Å². The van der Waals surface area contributed by atoms with Gasteiger partial charge in [0.1, 0.15) is 5.75 Å². The summed E-state index contributed by atoms with van der Waals surface area (Å²) in [4.78, 5) is 25.2. The molecule has 10 heteroatoms. The highest BCUT2D eigenvalue weighted by atomic mass is 35.5. The molecule has 4 aromatic rings. The number of ether oxygens (including phenoxy) is 1. The summed E-state index contributed by atoms with van der Waals surface area (Å²) in [5.74, 6) is -1.44. The molecule has 196 valence electrons. The Labute approximate surface area is 220 Å². The molecule has 0 unspecified atom stereocenters. The number of carbonyl (C=O) groups excluding carboxylic acids is 1. The van der Waals surface area contributed by atoms with Crippen molar-refractivity contribution in [1.82, 2.24) is 9.78 Å². The highest BCUT2D eigenvalue weighted by molar-refractivity contribution is 6.30. The lowest BCUT2D eigenvalue weighted by Gasteiger charge is -2.11. The molecular formula is C28H22ClF3N2O4. The first-order valence-electron chi connectivity index (χ1n) is 11.5. The Balaban J connectivity index is 1.52. The second-order valence-electron chi connectivity index (χ2n) is 8.70. The zero-order valence-electron chi connectivity index (χ0n) is 20.2. The molecule has 0 saturated heterocycles. The van der Waals surface area contributed by atoms with E-state index in [1.54, 1.807) is 12.1 Å². The molecule has 0 N–H and O–H groups in total. The number of hydrogen-bond donors (Lipinski definition) is 0. The number of aromatic nitrogens is 2. The highest BCUT2D eigenvalue weighted by Gasteiger charge is 2.30. The Bertz CT molecular complexity index is 1520. The number of carbonyl (C=O) groups is 1. The van der Waals surface area contributed by atoms with E-state index in [-0.39, 0.29) is 23.7 Å². The molecule has 0 aliphatic rings. The molecule has 0 fully saturated rings. The first kappa shape index (κ1) is 26.9. The van der Waals surface area contributed by atoms with Crippen molar-refractivity contribution in [2.24, 2.45) is 0 Å². The topological polar surface area (TPSA) is 74.3 Å². The monoisotopic (exact) mass is 542 g/mol. The van der Waals surface area contributed by atoms with Gasteiger partial charge in [0.25, 0.3) is 0 Å². The van der Waals surface area contributed by atoms with Gasteiger partial charge in [0, 0.05) is 16.1 Å². The van der Waals surface area contributed by atoms with Crippen LogP contribution in [-0.4, -0.2) is 15.7 Å². The smallest absolute Gasteiger partial charge is 0.423 e. The number of benzene rings is 3. The van der Waals surface area contributed by atoms with E-state index in [0.717, 1.165) is 52.9 Å². The van der Waals surface area contributed by atoms with Crippen molar-refractivity contribution < 1.29 is 27.1 Å². The van der Waals surface area contributed by atoms with E-state index in [9.17, 15) is 22.8 Å². The van der Waals surface area contributed by atoms with Gasteiger partial charge in [-0.2, -0.15) is 17.9 Å². The standard InChI is InChI=1S/C28H22ClF3N2O4/c1-17(2)3-4-18-5-7-20(8-6-18)26(35)37-24-14-13-23(29)15-21(24)16-34-27(36)38-25(33-34)19-9-11-22(12-10-19)28(30,31)32/h5-15H,1,3-4,16H2,2H3. The van der Waals surface area contributed by atoms with Crippen LogP contribution in [0.5, 0.6) is 5.75 Å². The van der Waals surface area contributed by atoms with Gasteiger partial charge in [0.15, 0.2) is 0 Å². The van der Waals surface area contributed by atoms with Crippen molar-refractivity contribution in [2.75, 3.05) is 0 Å². The summed E-state index contributed by atoms with van der Waals surface area (Å²) in [6.07, 6.45) is -2.83. The van der Waals surface area contributed by atoms with Crippen LogP contribution in [0.2, 0.25) is 5.02 Å². The Kier molecular flexibility index (Phi) is 7.87. The summed E-state index contributed by atoms with van der Waals surface area (Å²) in [6, 6.07) is 15.7. The van der Waals surface area contributed by atoms with Gasteiger partial charge in [-0.25, -0.2) is 9.59 Å². The summed E-state index contributed by atoms with van der Waals surface area (Å²) in [5, 5.41) is 4.42. The third kappa shape index (κ3) is 6.60.